The van der Waals surface area contributed by atoms with Crippen molar-refractivity contribution in [3.63, 3.8) is 0 Å². The summed E-state index contributed by atoms with van der Waals surface area (Å²) in [4.78, 5) is 0. The van der Waals surface area contributed by atoms with Crippen molar-refractivity contribution in [2.24, 2.45) is 0 Å². The standard InChI is InChI=1S/C15H21NO3S/c1-2-9-19-15-7-5-13(6-8-15)11-16-14-4-3-10-20(17,18)12-14/h2,5-8,14,16H,1,3-4,9-12H2. The van der Waals surface area contributed by atoms with Crippen LogP contribution in [-0.4, -0.2) is 32.6 Å². The van der Waals surface area contributed by atoms with E-state index < -0.39 is 9.84 Å². The molecule has 1 fully saturated rings. The Morgan fingerprint density at radius 2 is 2.10 bits per heavy atom. The lowest BCUT2D eigenvalue weighted by Crippen LogP contribution is -2.39. The minimum absolute atomic E-state index is 0.0745. The zero-order valence-electron chi connectivity index (χ0n) is 11.5. The molecule has 1 aromatic rings. The lowest BCUT2D eigenvalue weighted by molar-refractivity contribution is 0.363. The summed E-state index contributed by atoms with van der Waals surface area (Å²) in [6.45, 7) is 4.78. The van der Waals surface area contributed by atoms with Crippen LogP contribution in [0, 0.1) is 0 Å². The first-order chi connectivity index (χ1) is 9.59. The topological polar surface area (TPSA) is 55.4 Å². The Bertz CT molecular complexity index is 537. The Morgan fingerprint density at radius 3 is 2.75 bits per heavy atom. The van der Waals surface area contributed by atoms with Crippen LogP contribution in [0.15, 0.2) is 36.9 Å². The van der Waals surface area contributed by atoms with Gasteiger partial charge in [-0.1, -0.05) is 24.8 Å². The van der Waals surface area contributed by atoms with Crippen molar-refractivity contribution in [3.05, 3.63) is 42.5 Å². The molecule has 110 valence electrons. The molecule has 0 saturated carbocycles. The lowest BCUT2D eigenvalue weighted by Gasteiger charge is -2.23. The lowest BCUT2D eigenvalue weighted by atomic mass is 10.1. The summed E-state index contributed by atoms with van der Waals surface area (Å²) in [6.07, 6.45) is 3.40. The molecule has 1 aromatic carbocycles. The van der Waals surface area contributed by atoms with E-state index in [1.807, 2.05) is 24.3 Å². The summed E-state index contributed by atoms with van der Waals surface area (Å²) >= 11 is 0. The van der Waals surface area contributed by atoms with Crippen molar-refractivity contribution in [2.45, 2.75) is 25.4 Å². The second-order valence-electron chi connectivity index (χ2n) is 5.08. The molecule has 0 radical (unpaired) electrons. The number of hydrogen-bond acceptors (Lipinski definition) is 4. The second kappa shape index (κ2) is 6.90. The summed E-state index contributed by atoms with van der Waals surface area (Å²) in [7, 11) is -2.85. The first-order valence-electron chi connectivity index (χ1n) is 6.85. The number of hydrogen-bond donors (Lipinski definition) is 1. The van der Waals surface area contributed by atoms with Gasteiger partial charge in [0.15, 0.2) is 9.84 Å². The van der Waals surface area contributed by atoms with E-state index in [1.165, 1.54) is 0 Å². The van der Waals surface area contributed by atoms with Crippen LogP contribution in [0.2, 0.25) is 0 Å². The summed E-state index contributed by atoms with van der Waals surface area (Å²) in [5.41, 5.74) is 1.12. The Morgan fingerprint density at radius 1 is 1.35 bits per heavy atom. The molecule has 0 aliphatic carbocycles. The van der Waals surface area contributed by atoms with Crippen LogP contribution in [0.5, 0.6) is 5.75 Å². The summed E-state index contributed by atoms with van der Waals surface area (Å²) in [6, 6.07) is 7.88. The fraction of sp³-hybridized carbons (Fsp3) is 0.467. The summed E-state index contributed by atoms with van der Waals surface area (Å²) in [5, 5.41) is 3.32. The molecule has 5 heteroatoms. The van der Waals surface area contributed by atoms with Gasteiger partial charge in [0.05, 0.1) is 11.5 Å². The van der Waals surface area contributed by atoms with E-state index >= 15 is 0 Å². The Kier molecular flexibility index (Phi) is 5.20. The average molecular weight is 295 g/mol. The van der Waals surface area contributed by atoms with Crippen LogP contribution in [0.1, 0.15) is 18.4 Å². The van der Waals surface area contributed by atoms with Crippen LogP contribution in [0.25, 0.3) is 0 Å². The van der Waals surface area contributed by atoms with E-state index in [9.17, 15) is 8.42 Å². The molecule has 1 saturated heterocycles. The van der Waals surface area contributed by atoms with Gasteiger partial charge in [-0.3, -0.25) is 0 Å². The molecular formula is C15H21NO3S. The molecular weight excluding hydrogens is 274 g/mol. The molecule has 1 unspecified atom stereocenters. The third-order valence-electron chi connectivity index (χ3n) is 3.35. The second-order valence-corrected chi connectivity index (χ2v) is 7.31. The Labute approximate surface area is 120 Å². The van der Waals surface area contributed by atoms with Crippen LogP contribution in [-0.2, 0) is 16.4 Å². The molecule has 4 nitrogen and oxygen atoms in total. The van der Waals surface area contributed by atoms with Gasteiger partial charge in [-0.2, -0.15) is 0 Å². The third kappa shape index (κ3) is 4.65. The van der Waals surface area contributed by atoms with Crippen molar-refractivity contribution in [2.75, 3.05) is 18.1 Å². The highest BCUT2D eigenvalue weighted by atomic mass is 32.2. The predicted octanol–water partition coefficient (Wildman–Crippen LogP) is 1.92. The third-order valence-corrected chi connectivity index (χ3v) is 5.17. The maximum Gasteiger partial charge on any atom is 0.151 e. The highest BCUT2D eigenvalue weighted by molar-refractivity contribution is 7.91. The number of rotatable bonds is 6. The van der Waals surface area contributed by atoms with Crippen molar-refractivity contribution >= 4 is 9.84 Å². The van der Waals surface area contributed by atoms with Crippen LogP contribution < -0.4 is 10.1 Å². The van der Waals surface area contributed by atoms with E-state index in [2.05, 4.69) is 11.9 Å². The van der Waals surface area contributed by atoms with Crippen molar-refractivity contribution < 1.29 is 13.2 Å². The zero-order valence-corrected chi connectivity index (χ0v) is 12.4. The van der Waals surface area contributed by atoms with Crippen molar-refractivity contribution in [1.82, 2.24) is 5.32 Å². The fourth-order valence-electron chi connectivity index (χ4n) is 2.30. The van der Waals surface area contributed by atoms with Crippen LogP contribution >= 0.6 is 0 Å². The summed E-state index contributed by atoms with van der Waals surface area (Å²) < 4.78 is 28.5. The molecule has 1 aliphatic heterocycles. The van der Waals surface area contributed by atoms with Gasteiger partial charge in [0.2, 0.25) is 0 Å². The molecule has 0 spiro atoms. The van der Waals surface area contributed by atoms with Crippen LogP contribution in [0.4, 0.5) is 0 Å². The van der Waals surface area contributed by atoms with Gasteiger partial charge < -0.3 is 10.1 Å². The zero-order chi connectivity index (χ0) is 14.4. The fourth-order valence-corrected chi connectivity index (χ4v) is 3.98. The highest BCUT2D eigenvalue weighted by Crippen LogP contribution is 2.15. The van der Waals surface area contributed by atoms with Gasteiger partial charge in [0, 0.05) is 12.6 Å². The smallest absolute Gasteiger partial charge is 0.151 e. The monoisotopic (exact) mass is 295 g/mol. The molecule has 20 heavy (non-hydrogen) atoms. The Balaban J connectivity index is 1.83. The van der Waals surface area contributed by atoms with E-state index in [0.29, 0.717) is 18.9 Å². The molecule has 2 rings (SSSR count). The number of nitrogens with one attached hydrogen (secondary N) is 1. The van der Waals surface area contributed by atoms with Gasteiger partial charge in [-0.05, 0) is 30.5 Å². The van der Waals surface area contributed by atoms with E-state index in [-0.39, 0.29) is 11.8 Å². The van der Waals surface area contributed by atoms with Crippen LogP contribution in [0.3, 0.4) is 0 Å². The highest BCUT2D eigenvalue weighted by Gasteiger charge is 2.23. The largest absolute Gasteiger partial charge is 0.490 e. The molecule has 0 amide bonds. The van der Waals surface area contributed by atoms with Crippen molar-refractivity contribution in [3.8, 4) is 5.75 Å². The van der Waals surface area contributed by atoms with Gasteiger partial charge in [0.1, 0.15) is 12.4 Å². The average Bonchev–Trinajstić information content (AvgIpc) is 2.43. The summed E-state index contributed by atoms with van der Waals surface area (Å²) in [5.74, 6) is 1.41. The molecule has 0 aromatic heterocycles. The number of ether oxygens (including phenoxy) is 1. The molecule has 1 atom stereocenters. The Hall–Kier alpha value is -1.33. The first kappa shape index (κ1) is 15.1. The first-order valence-corrected chi connectivity index (χ1v) is 8.67. The van der Waals surface area contributed by atoms with Gasteiger partial charge in [-0.15, -0.1) is 0 Å². The maximum absolute atomic E-state index is 11.6. The number of benzene rings is 1. The quantitative estimate of drug-likeness (QED) is 0.815. The van der Waals surface area contributed by atoms with Gasteiger partial charge in [0.25, 0.3) is 0 Å². The molecule has 1 heterocycles. The maximum atomic E-state index is 11.6. The predicted molar refractivity (Wildman–Crippen MR) is 80.6 cm³/mol. The minimum Gasteiger partial charge on any atom is -0.490 e. The van der Waals surface area contributed by atoms with Gasteiger partial charge >= 0.3 is 0 Å². The van der Waals surface area contributed by atoms with E-state index in [4.69, 9.17) is 4.74 Å². The number of sulfone groups is 1. The minimum atomic E-state index is -2.85. The van der Waals surface area contributed by atoms with E-state index in [0.717, 1.165) is 24.2 Å². The SMILES string of the molecule is C=CCOc1ccc(CNC2CCCS(=O)(=O)C2)cc1. The van der Waals surface area contributed by atoms with Crippen molar-refractivity contribution in [1.29, 1.82) is 0 Å². The molecule has 0 bridgehead atoms. The molecule has 1 aliphatic rings. The van der Waals surface area contributed by atoms with E-state index in [1.54, 1.807) is 6.08 Å². The normalized spacial score (nSPS) is 21.3. The molecule has 1 N–H and O–H groups in total. The van der Waals surface area contributed by atoms with Gasteiger partial charge in [-0.25, -0.2) is 8.42 Å².